The maximum Gasteiger partial charge on any atom is 0.318 e. The van der Waals surface area contributed by atoms with Crippen LogP contribution in [0.15, 0.2) is 36.7 Å². The molecule has 2 amide bonds. The molecule has 0 spiro atoms. The summed E-state index contributed by atoms with van der Waals surface area (Å²) in [6.45, 7) is 5.63. The predicted octanol–water partition coefficient (Wildman–Crippen LogP) is 3.20. The fourth-order valence-corrected chi connectivity index (χ4v) is 3.17. The maximum atomic E-state index is 12.6. The van der Waals surface area contributed by atoms with Crippen LogP contribution in [0.1, 0.15) is 22.2 Å². The third kappa shape index (κ3) is 5.65. The summed E-state index contributed by atoms with van der Waals surface area (Å²) in [5.74, 6) is 0. The number of aromatic nitrogens is 1. The number of pyridine rings is 1. The van der Waals surface area contributed by atoms with Crippen molar-refractivity contribution in [1.82, 2.24) is 15.2 Å². The fraction of sp³-hybridized carbons (Fsp3) is 0.412. The first-order chi connectivity index (χ1) is 11.1. The zero-order valence-electron chi connectivity index (χ0n) is 13.8. The van der Waals surface area contributed by atoms with Crippen molar-refractivity contribution < 1.29 is 9.53 Å². The van der Waals surface area contributed by atoms with Gasteiger partial charge in [0.05, 0.1) is 19.2 Å². The van der Waals surface area contributed by atoms with Crippen LogP contribution in [0, 0.1) is 6.92 Å². The molecule has 0 bridgehead atoms. The van der Waals surface area contributed by atoms with E-state index in [1.807, 2.05) is 24.0 Å². The van der Waals surface area contributed by atoms with Gasteiger partial charge in [-0.15, -0.1) is 11.3 Å². The molecule has 5 nitrogen and oxygen atoms in total. The molecule has 2 heterocycles. The minimum Gasteiger partial charge on any atom is -0.383 e. The van der Waals surface area contributed by atoms with Gasteiger partial charge in [0.1, 0.15) is 0 Å². The number of thiophene rings is 1. The van der Waals surface area contributed by atoms with Gasteiger partial charge in [-0.3, -0.25) is 4.98 Å². The van der Waals surface area contributed by atoms with Crippen LogP contribution in [0.25, 0.3) is 0 Å². The average Bonchev–Trinajstić information content (AvgIpc) is 2.93. The number of rotatable bonds is 7. The van der Waals surface area contributed by atoms with E-state index in [1.165, 1.54) is 9.75 Å². The van der Waals surface area contributed by atoms with Crippen LogP contribution in [0.4, 0.5) is 4.79 Å². The molecule has 0 aromatic carbocycles. The van der Waals surface area contributed by atoms with E-state index < -0.39 is 0 Å². The monoisotopic (exact) mass is 333 g/mol. The van der Waals surface area contributed by atoms with Crippen molar-refractivity contribution in [2.75, 3.05) is 13.7 Å². The average molecular weight is 333 g/mol. The molecule has 0 aliphatic rings. The van der Waals surface area contributed by atoms with Gasteiger partial charge in [0.2, 0.25) is 0 Å². The summed E-state index contributed by atoms with van der Waals surface area (Å²) in [4.78, 5) is 20.8. The normalized spacial score (nSPS) is 12.0. The molecule has 23 heavy (non-hydrogen) atoms. The highest BCUT2D eigenvalue weighted by atomic mass is 32.1. The van der Waals surface area contributed by atoms with E-state index >= 15 is 0 Å². The molecular formula is C17H23N3O2S. The Hall–Kier alpha value is -1.92. The molecule has 0 saturated carbocycles. The minimum atomic E-state index is -0.0857. The van der Waals surface area contributed by atoms with Crippen LogP contribution < -0.4 is 5.32 Å². The number of hydrogen-bond acceptors (Lipinski definition) is 4. The van der Waals surface area contributed by atoms with Crippen molar-refractivity contribution in [1.29, 1.82) is 0 Å². The molecular weight excluding hydrogens is 310 g/mol. The largest absolute Gasteiger partial charge is 0.383 e. The van der Waals surface area contributed by atoms with Gasteiger partial charge in [-0.1, -0.05) is 0 Å². The maximum absolute atomic E-state index is 12.6. The molecule has 0 aliphatic carbocycles. The Labute approximate surface area is 141 Å². The lowest BCUT2D eigenvalue weighted by Crippen LogP contribution is -2.44. The molecule has 0 fully saturated rings. The van der Waals surface area contributed by atoms with Crippen LogP contribution >= 0.6 is 11.3 Å². The summed E-state index contributed by atoms with van der Waals surface area (Å²) in [6, 6.07) is 7.90. The Morgan fingerprint density at radius 3 is 2.65 bits per heavy atom. The molecule has 0 aliphatic heterocycles. The second-order valence-corrected chi connectivity index (χ2v) is 6.90. The van der Waals surface area contributed by atoms with Crippen molar-refractivity contribution in [3.8, 4) is 0 Å². The number of nitrogens with one attached hydrogen (secondary N) is 1. The standard InChI is InChI=1S/C17H23N3O2S/c1-13(12-22-3)19-17(21)20(10-15-6-8-18-9-7-15)11-16-5-4-14(2)23-16/h4-9,13H,10-12H2,1-3H3,(H,19,21)/t13-/m0/s1. The van der Waals surface area contributed by atoms with Gasteiger partial charge in [0, 0.05) is 35.8 Å². The third-order valence-corrected chi connectivity index (χ3v) is 4.32. The van der Waals surface area contributed by atoms with Crippen LogP contribution in [0.3, 0.4) is 0 Å². The van der Waals surface area contributed by atoms with Gasteiger partial charge < -0.3 is 15.0 Å². The van der Waals surface area contributed by atoms with E-state index in [1.54, 1.807) is 30.8 Å². The zero-order valence-corrected chi connectivity index (χ0v) is 14.6. The van der Waals surface area contributed by atoms with Crippen molar-refractivity contribution in [2.24, 2.45) is 0 Å². The van der Waals surface area contributed by atoms with Crippen molar-refractivity contribution in [3.63, 3.8) is 0 Å². The number of ether oxygens (including phenoxy) is 1. The Balaban J connectivity index is 2.08. The molecule has 0 radical (unpaired) electrons. The first kappa shape index (κ1) is 17.4. The van der Waals surface area contributed by atoms with E-state index in [0.717, 1.165) is 5.56 Å². The summed E-state index contributed by atoms with van der Waals surface area (Å²) >= 11 is 1.71. The number of methoxy groups -OCH3 is 1. The zero-order chi connectivity index (χ0) is 16.7. The molecule has 0 saturated heterocycles. The van der Waals surface area contributed by atoms with Crippen LogP contribution in [-0.2, 0) is 17.8 Å². The van der Waals surface area contributed by atoms with Crippen molar-refractivity contribution in [3.05, 3.63) is 52.0 Å². The SMILES string of the molecule is COC[C@H](C)NC(=O)N(Cc1ccncc1)Cc1ccc(C)s1. The Bertz CT molecular complexity index is 615. The third-order valence-electron chi connectivity index (χ3n) is 3.34. The molecule has 2 aromatic rings. The number of hydrogen-bond donors (Lipinski definition) is 1. The number of urea groups is 1. The second kappa shape index (κ2) is 8.64. The van der Waals surface area contributed by atoms with Crippen LogP contribution in [0.5, 0.6) is 0 Å². The van der Waals surface area contributed by atoms with Crippen LogP contribution in [0.2, 0.25) is 0 Å². The Morgan fingerprint density at radius 1 is 1.30 bits per heavy atom. The first-order valence-electron chi connectivity index (χ1n) is 7.57. The molecule has 6 heteroatoms. The Morgan fingerprint density at radius 2 is 2.04 bits per heavy atom. The molecule has 0 unspecified atom stereocenters. The smallest absolute Gasteiger partial charge is 0.318 e. The molecule has 1 N–H and O–H groups in total. The van der Waals surface area contributed by atoms with Gasteiger partial charge in [0.15, 0.2) is 0 Å². The van der Waals surface area contributed by atoms with Gasteiger partial charge in [-0.2, -0.15) is 0 Å². The van der Waals surface area contributed by atoms with E-state index in [4.69, 9.17) is 4.74 Å². The molecule has 2 rings (SSSR count). The number of aryl methyl sites for hydroxylation is 1. The van der Waals surface area contributed by atoms with E-state index in [-0.39, 0.29) is 12.1 Å². The van der Waals surface area contributed by atoms with Gasteiger partial charge >= 0.3 is 6.03 Å². The van der Waals surface area contributed by atoms with E-state index in [2.05, 4.69) is 29.4 Å². The highest BCUT2D eigenvalue weighted by Gasteiger charge is 2.17. The lowest BCUT2D eigenvalue weighted by atomic mass is 10.2. The second-order valence-electron chi connectivity index (χ2n) is 5.53. The topological polar surface area (TPSA) is 54.5 Å². The Kier molecular flexibility index (Phi) is 6.55. The van der Waals surface area contributed by atoms with E-state index in [0.29, 0.717) is 19.7 Å². The summed E-state index contributed by atoms with van der Waals surface area (Å²) in [6.07, 6.45) is 3.49. The van der Waals surface area contributed by atoms with Gasteiger partial charge in [0.25, 0.3) is 0 Å². The molecule has 2 aromatic heterocycles. The van der Waals surface area contributed by atoms with Crippen molar-refractivity contribution >= 4 is 17.4 Å². The lowest BCUT2D eigenvalue weighted by molar-refractivity contribution is 0.157. The number of carbonyl (C=O) groups excluding carboxylic acids is 1. The highest BCUT2D eigenvalue weighted by molar-refractivity contribution is 7.11. The summed E-state index contributed by atoms with van der Waals surface area (Å²) in [5, 5.41) is 2.98. The summed E-state index contributed by atoms with van der Waals surface area (Å²) in [7, 11) is 1.63. The summed E-state index contributed by atoms with van der Waals surface area (Å²) < 4.78 is 5.08. The van der Waals surface area contributed by atoms with Crippen LogP contribution in [-0.4, -0.2) is 35.7 Å². The number of carbonyl (C=O) groups is 1. The van der Waals surface area contributed by atoms with Gasteiger partial charge in [-0.25, -0.2) is 4.79 Å². The number of amides is 2. The van der Waals surface area contributed by atoms with Crippen molar-refractivity contribution in [2.45, 2.75) is 33.0 Å². The minimum absolute atomic E-state index is 0.0301. The quantitative estimate of drug-likeness (QED) is 0.846. The highest BCUT2D eigenvalue weighted by Crippen LogP contribution is 2.18. The van der Waals surface area contributed by atoms with Gasteiger partial charge in [-0.05, 0) is 43.7 Å². The molecule has 124 valence electrons. The lowest BCUT2D eigenvalue weighted by Gasteiger charge is -2.25. The fourth-order valence-electron chi connectivity index (χ4n) is 2.26. The number of nitrogens with zero attached hydrogens (tertiary/aromatic N) is 2. The molecule has 1 atom stereocenters. The predicted molar refractivity (Wildman–Crippen MR) is 92.4 cm³/mol. The summed E-state index contributed by atoms with van der Waals surface area (Å²) in [5.41, 5.74) is 1.06. The van der Waals surface area contributed by atoms with E-state index in [9.17, 15) is 4.79 Å². The first-order valence-corrected chi connectivity index (χ1v) is 8.38.